The molecule has 4 nitrogen and oxygen atoms in total. The number of carbonyl (C=O) groups is 1. The van der Waals surface area contributed by atoms with E-state index in [1.165, 1.54) is 11.8 Å². The summed E-state index contributed by atoms with van der Waals surface area (Å²) in [6, 6.07) is 2.92. The van der Waals surface area contributed by atoms with Crippen molar-refractivity contribution in [1.29, 1.82) is 0 Å². The Morgan fingerprint density at radius 3 is 3.06 bits per heavy atom. The maximum atomic E-state index is 11.0. The molecule has 2 N–H and O–H groups in total. The van der Waals surface area contributed by atoms with Gasteiger partial charge in [0.05, 0.1) is 5.02 Å². The van der Waals surface area contributed by atoms with Crippen LogP contribution in [0, 0.1) is 0 Å². The molecule has 0 amide bonds. The lowest BCUT2D eigenvalue weighted by molar-refractivity contribution is -0.138. The molecule has 0 radical (unpaired) electrons. The summed E-state index contributed by atoms with van der Waals surface area (Å²) in [5.41, 5.74) is 0. The summed E-state index contributed by atoms with van der Waals surface area (Å²) in [6.07, 6.45) is 2.54. The van der Waals surface area contributed by atoms with Gasteiger partial charge in [-0.05, 0) is 25.1 Å². The number of rotatable bonds is 7. The van der Waals surface area contributed by atoms with Crippen LogP contribution in [0.3, 0.4) is 0 Å². The van der Waals surface area contributed by atoms with Crippen molar-refractivity contribution in [2.24, 2.45) is 0 Å². The summed E-state index contributed by atoms with van der Waals surface area (Å²) in [4.78, 5) is 15.1. The Bertz CT molecular complexity index is 376. The fraction of sp³-hybridized carbons (Fsp3) is 0.455. The second kappa shape index (κ2) is 7.53. The highest BCUT2D eigenvalue weighted by Gasteiger charge is 2.17. The topological polar surface area (TPSA) is 62.2 Å². The van der Waals surface area contributed by atoms with Crippen LogP contribution in [-0.2, 0) is 4.79 Å². The lowest BCUT2D eigenvalue weighted by Gasteiger charge is -2.13. The van der Waals surface area contributed by atoms with Gasteiger partial charge in [0.15, 0.2) is 0 Å². The van der Waals surface area contributed by atoms with Gasteiger partial charge in [-0.25, -0.2) is 4.98 Å². The van der Waals surface area contributed by atoms with Gasteiger partial charge in [0, 0.05) is 11.9 Å². The molecule has 1 unspecified atom stereocenters. The highest BCUT2D eigenvalue weighted by atomic mass is 35.5. The molecule has 94 valence electrons. The lowest BCUT2D eigenvalue weighted by Crippen LogP contribution is -2.39. The number of hydrogen-bond acceptors (Lipinski definition) is 4. The van der Waals surface area contributed by atoms with Crippen LogP contribution in [0.2, 0.25) is 5.02 Å². The van der Waals surface area contributed by atoms with Gasteiger partial charge in [-0.15, -0.1) is 11.8 Å². The third-order valence-corrected chi connectivity index (χ3v) is 3.57. The first-order valence-electron chi connectivity index (χ1n) is 5.34. The molecule has 0 saturated carbocycles. The number of pyridine rings is 1. The molecule has 0 fully saturated rings. The molecular formula is C11H15ClN2O2S. The molecule has 0 saturated heterocycles. The van der Waals surface area contributed by atoms with E-state index in [2.05, 4.69) is 10.3 Å². The summed E-state index contributed by atoms with van der Waals surface area (Å²) in [5.74, 6) is -0.440. The van der Waals surface area contributed by atoms with Crippen LogP contribution in [0.25, 0.3) is 0 Å². The summed E-state index contributed by atoms with van der Waals surface area (Å²) in [6.45, 7) is 2.68. The molecule has 0 aromatic carbocycles. The fourth-order valence-electron chi connectivity index (χ4n) is 1.18. The second-order valence-electron chi connectivity index (χ2n) is 3.45. The van der Waals surface area contributed by atoms with Crippen molar-refractivity contribution in [2.45, 2.75) is 24.4 Å². The SMILES string of the molecule is CCCNC(CSc1ncccc1Cl)C(=O)O. The lowest BCUT2D eigenvalue weighted by atomic mass is 10.3. The third kappa shape index (κ3) is 4.93. The van der Waals surface area contributed by atoms with Crippen molar-refractivity contribution < 1.29 is 9.90 Å². The van der Waals surface area contributed by atoms with Crippen molar-refractivity contribution in [3.63, 3.8) is 0 Å². The minimum absolute atomic E-state index is 0.409. The highest BCUT2D eigenvalue weighted by molar-refractivity contribution is 7.99. The molecule has 0 bridgehead atoms. The van der Waals surface area contributed by atoms with E-state index in [0.29, 0.717) is 22.3 Å². The van der Waals surface area contributed by atoms with E-state index in [9.17, 15) is 4.79 Å². The largest absolute Gasteiger partial charge is 0.480 e. The molecule has 17 heavy (non-hydrogen) atoms. The molecule has 0 aliphatic carbocycles. The van der Waals surface area contributed by atoms with E-state index < -0.39 is 12.0 Å². The predicted octanol–water partition coefficient (Wildman–Crippen LogP) is 2.28. The van der Waals surface area contributed by atoms with Gasteiger partial charge in [-0.3, -0.25) is 4.79 Å². The number of aliphatic carboxylic acids is 1. The highest BCUT2D eigenvalue weighted by Crippen LogP contribution is 2.24. The van der Waals surface area contributed by atoms with Crippen LogP contribution in [-0.4, -0.2) is 34.4 Å². The Kier molecular flexibility index (Phi) is 6.32. The Labute approximate surface area is 110 Å². The minimum atomic E-state index is -0.849. The Morgan fingerprint density at radius 2 is 2.47 bits per heavy atom. The van der Waals surface area contributed by atoms with Crippen molar-refractivity contribution in [3.05, 3.63) is 23.4 Å². The first-order valence-corrected chi connectivity index (χ1v) is 6.71. The van der Waals surface area contributed by atoms with Gasteiger partial charge in [-0.2, -0.15) is 0 Å². The molecule has 1 aromatic rings. The van der Waals surface area contributed by atoms with E-state index in [-0.39, 0.29) is 0 Å². The van der Waals surface area contributed by atoms with Crippen LogP contribution in [0.4, 0.5) is 0 Å². The molecule has 1 atom stereocenters. The minimum Gasteiger partial charge on any atom is -0.480 e. The standard InChI is InChI=1S/C11H15ClN2O2S/c1-2-5-13-9(11(15)16)7-17-10-8(12)4-3-6-14-10/h3-4,6,9,13H,2,5,7H2,1H3,(H,15,16). The predicted molar refractivity (Wildman–Crippen MR) is 69.7 cm³/mol. The van der Waals surface area contributed by atoms with Crippen LogP contribution in [0.15, 0.2) is 23.4 Å². The molecule has 0 spiro atoms. The summed E-state index contributed by atoms with van der Waals surface area (Å²) in [5, 5.41) is 13.2. The maximum absolute atomic E-state index is 11.0. The number of carboxylic acid groups (broad SMARTS) is 1. The smallest absolute Gasteiger partial charge is 0.321 e. The van der Waals surface area contributed by atoms with Crippen molar-refractivity contribution in [2.75, 3.05) is 12.3 Å². The number of halogens is 1. The zero-order valence-corrected chi connectivity index (χ0v) is 11.1. The molecular weight excluding hydrogens is 260 g/mol. The first kappa shape index (κ1) is 14.3. The molecule has 0 aliphatic rings. The van der Waals surface area contributed by atoms with Crippen LogP contribution < -0.4 is 5.32 Å². The molecule has 1 rings (SSSR count). The molecule has 6 heteroatoms. The number of carboxylic acids is 1. The Hall–Kier alpha value is -0.780. The number of thioether (sulfide) groups is 1. The van der Waals surface area contributed by atoms with Gasteiger partial charge < -0.3 is 10.4 Å². The fourth-order valence-corrected chi connectivity index (χ4v) is 2.39. The molecule has 0 aliphatic heterocycles. The number of aromatic nitrogens is 1. The summed E-state index contributed by atoms with van der Waals surface area (Å²) < 4.78 is 0. The van der Waals surface area contributed by atoms with E-state index >= 15 is 0 Å². The third-order valence-electron chi connectivity index (χ3n) is 2.05. The van der Waals surface area contributed by atoms with Crippen LogP contribution in [0.1, 0.15) is 13.3 Å². The summed E-state index contributed by atoms with van der Waals surface area (Å²) >= 11 is 7.29. The number of hydrogen-bond donors (Lipinski definition) is 2. The van der Waals surface area contributed by atoms with Crippen molar-refractivity contribution in [3.8, 4) is 0 Å². The Morgan fingerprint density at radius 1 is 1.71 bits per heavy atom. The van der Waals surface area contributed by atoms with Gasteiger partial charge >= 0.3 is 5.97 Å². The second-order valence-corrected chi connectivity index (χ2v) is 4.86. The van der Waals surface area contributed by atoms with Crippen LogP contribution in [0.5, 0.6) is 0 Å². The molecule has 1 heterocycles. The van der Waals surface area contributed by atoms with Gasteiger partial charge in [0.2, 0.25) is 0 Å². The quantitative estimate of drug-likeness (QED) is 0.747. The van der Waals surface area contributed by atoms with Gasteiger partial charge in [-0.1, -0.05) is 18.5 Å². The first-order chi connectivity index (χ1) is 8.15. The van der Waals surface area contributed by atoms with E-state index in [1.54, 1.807) is 18.3 Å². The van der Waals surface area contributed by atoms with E-state index in [4.69, 9.17) is 16.7 Å². The summed E-state index contributed by atoms with van der Waals surface area (Å²) in [7, 11) is 0. The normalized spacial score (nSPS) is 12.4. The van der Waals surface area contributed by atoms with E-state index in [1.807, 2.05) is 6.92 Å². The zero-order valence-electron chi connectivity index (χ0n) is 9.52. The van der Waals surface area contributed by atoms with Crippen molar-refractivity contribution in [1.82, 2.24) is 10.3 Å². The average molecular weight is 275 g/mol. The Balaban J connectivity index is 2.52. The van der Waals surface area contributed by atoms with Gasteiger partial charge in [0.25, 0.3) is 0 Å². The average Bonchev–Trinajstić information content (AvgIpc) is 2.31. The van der Waals surface area contributed by atoms with Crippen LogP contribution >= 0.6 is 23.4 Å². The maximum Gasteiger partial charge on any atom is 0.321 e. The van der Waals surface area contributed by atoms with Crippen molar-refractivity contribution >= 4 is 29.3 Å². The van der Waals surface area contributed by atoms with Gasteiger partial charge in [0.1, 0.15) is 11.1 Å². The number of nitrogens with one attached hydrogen (secondary N) is 1. The number of nitrogens with zero attached hydrogens (tertiary/aromatic N) is 1. The monoisotopic (exact) mass is 274 g/mol. The van der Waals surface area contributed by atoms with E-state index in [0.717, 1.165) is 6.42 Å². The molecule has 1 aromatic heterocycles. The zero-order chi connectivity index (χ0) is 12.7.